The zero-order chi connectivity index (χ0) is 16.4. The van der Waals surface area contributed by atoms with Gasteiger partial charge in [0.15, 0.2) is 0 Å². The van der Waals surface area contributed by atoms with Gasteiger partial charge in [0, 0.05) is 31.9 Å². The third-order valence-electron chi connectivity index (χ3n) is 4.23. The summed E-state index contributed by atoms with van der Waals surface area (Å²) in [4.78, 5) is 18.8. The summed E-state index contributed by atoms with van der Waals surface area (Å²) in [6, 6.07) is 5.95. The van der Waals surface area contributed by atoms with Gasteiger partial charge >= 0.3 is 6.03 Å². The molecule has 0 spiro atoms. The maximum absolute atomic E-state index is 12.3. The fourth-order valence-electron chi connectivity index (χ4n) is 2.87. The Labute approximate surface area is 139 Å². The van der Waals surface area contributed by atoms with Gasteiger partial charge in [0.2, 0.25) is 0 Å². The van der Waals surface area contributed by atoms with Crippen LogP contribution in [0.2, 0.25) is 0 Å². The van der Waals surface area contributed by atoms with Crippen LogP contribution >= 0.6 is 11.3 Å². The van der Waals surface area contributed by atoms with Crippen molar-refractivity contribution < 1.29 is 9.53 Å². The number of benzene rings is 1. The highest BCUT2D eigenvalue weighted by molar-refractivity contribution is 7.16. The summed E-state index contributed by atoms with van der Waals surface area (Å²) in [5, 5.41) is 5.92. The number of rotatable bonds is 4. The van der Waals surface area contributed by atoms with Crippen molar-refractivity contribution in [3.63, 3.8) is 0 Å². The molecule has 1 saturated heterocycles. The fraction of sp³-hybridized carbons (Fsp3) is 0.500. The molecule has 2 heterocycles. The molecule has 0 radical (unpaired) electrons. The minimum Gasteiger partial charge on any atom is -0.378 e. The summed E-state index contributed by atoms with van der Waals surface area (Å²) >= 11 is 1.56. The first-order valence-corrected chi connectivity index (χ1v) is 8.62. The largest absolute Gasteiger partial charge is 0.378 e. The van der Waals surface area contributed by atoms with Gasteiger partial charge < -0.3 is 15.4 Å². The van der Waals surface area contributed by atoms with Gasteiger partial charge in [0.05, 0.1) is 27.9 Å². The van der Waals surface area contributed by atoms with Gasteiger partial charge in [-0.25, -0.2) is 9.78 Å². The number of likely N-dealkylation sites (tertiary alicyclic amines) is 1. The van der Waals surface area contributed by atoms with E-state index in [0.717, 1.165) is 29.0 Å². The molecule has 1 fully saturated rings. The Morgan fingerprint density at radius 2 is 2.26 bits per heavy atom. The summed E-state index contributed by atoms with van der Waals surface area (Å²) in [6.45, 7) is 5.95. The molecule has 1 aliphatic rings. The van der Waals surface area contributed by atoms with E-state index in [4.69, 9.17) is 4.74 Å². The standard InChI is InChI=1S/C16H22N4O2S/c1-10(2)20-7-13(14(8-20)22-3)19-16(21)18-11-4-5-12-15(6-11)23-9-17-12/h4-6,9-10,13-14H,7-8H2,1-3H3,(H2,18,19,21)/t13-,14-/m0/s1. The Morgan fingerprint density at radius 1 is 1.43 bits per heavy atom. The first-order chi connectivity index (χ1) is 11.1. The van der Waals surface area contributed by atoms with Gasteiger partial charge in [0.25, 0.3) is 0 Å². The van der Waals surface area contributed by atoms with E-state index >= 15 is 0 Å². The lowest BCUT2D eigenvalue weighted by molar-refractivity contribution is 0.0896. The number of nitrogens with one attached hydrogen (secondary N) is 2. The summed E-state index contributed by atoms with van der Waals surface area (Å²) in [5.41, 5.74) is 3.52. The van der Waals surface area contributed by atoms with Crippen molar-refractivity contribution in [3.05, 3.63) is 23.7 Å². The molecule has 2 N–H and O–H groups in total. The molecule has 2 aromatic rings. The van der Waals surface area contributed by atoms with Gasteiger partial charge in [-0.3, -0.25) is 4.90 Å². The van der Waals surface area contributed by atoms with Gasteiger partial charge in [0.1, 0.15) is 0 Å². The number of carbonyl (C=O) groups is 1. The highest BCUT2D eigenvalue weighted by atomic mass is 32.1. The molecule has 3 rings (SSSR count). The molecule has 124 valence electrons. The highest BCUT2D eigenvalue weighted by Gasteiger charge is 2.34. The topological polar surface area (TPSA) is 66.5 Å². The lowest BCUT2D eigenvalue weighted by atomic mass is 10.2. The van der Waals surface area contributed by atoms with E-state index < -0.39 is 0 Å². The monoisotopic (exact) mass is 334 g/mol. The minimum absolute atomic E-state index is 0.00506. The van der Waals surface area contributed by atoms with Gasteiger partial charge in [-0.2, -0.15) is 0 Å². The SMILES string of the molecule is CO[C@H]1CN(C(C)C)C[C@@H]1NC(=O)Nc1ccc2ncsc2c1. The number of anilines is 1. The number of ether oxygens (including phenoxy) is 1. The average Bonchev–Trinajstić information content (AvgIpc) is 3.12. The van der Waals surface area contributed by atoms with Crippen LogP contribution in [0.15, 0.2) is 23.7 Å². The van der Waals surface area contributed by atoms with Crippen molar-refractivity contribution in [2.24, 2.45) is 0 Å². The molecule has 0 saturated carbocycles. The van der Waals surface area contributed by atoms with Crippen molar-refractivity contribution in [3.8, 4) is 0 Å². The van der Waals surface area contributed by atoms with Crippen molar-refractivity contribution in [2.45, 2.75) is 32.0 Å². The van der Waals surface area contributed by atoms with Gasteiger partial charge in [-0.1, -0.05) is 0 Å². The molecular weight excluding hydrogens is 312 g/mol. The van der Waals surface area contributed by atoms with Crippen LogP contribution in [0, 0.1) is 0 Å². The number of nitrogens with zero attached hydrogens (tertiary/aromatic N) is 2. The predicted molar refractivity (Wildman–Crippen MR) is 93.1 cm³/mol. The van der Waals surface area contributed by atoms with Crippen molar-refractivity contribution in [2.75, 3.05) is 25.5 Å². The molecule has 2 atom stereocenters. The number of carbonyl (C=O) groups excluding carboxylic acids is 1. The number of hydrogen-bond acceptors (Lipinski definition) is 5. The quantitative estimate of drug-likeness (QED) is 0.902. The number of methoxy groups -OCH3 is 1. The van der Waals surface area contributed by atoms with E-state index in [1.54, 1.807) is 24.0 Å². The molecular formula is C16H22N4O2S. The normalized spacial score (nSPS) is 21.9. The molecule has 1 aliphatic heterocycles. The van der Waals surface area contributed by atoms with Crippen LogP contribution in [0.3, 0.4) is 0 Å². The third kappa shape index (κ3) is 3.63. The Balaban J connectivity index is 1.62. The number of hydrogen-bond donors (Lipinski definition) is 2. The number of amides is 2. The number of thiazole rings is 1. The Hall–Kier alpha value is -1.70. The van der Waals surface area contributed by atoms with E-state index in [2.05, 4.69) is 34.4 Å². The van der Waals surface area contributed by atoms with Crippen LogP contribution in [0.1, 0.15) is 13.8 Å². The second-order valence-corrected chi connectivity index (χ2v) is 6.95. The number of aromatic nitrogens is 1. The summed E-state index contributed by atoms with van der Waals surface area (Å²) < 4.78 is 6.57. The van der Waals surface area contributed by atoms with E-state index in [1.807, 2.05) is 18.2 Å². The molecule has 7 heteroatoms. The van der Waals surface area contributed by atoms with E-state index in [1.165, 1.54) is 0 Å². The van der Waals surface area contributed by atoms with Crippen LogP contribution < -0.4 is 10.6 Å². The van der Waals surface area contributed by atoms with Crippen LogP contribution in [0.25, 0.3) is 10.2 Å². The highest BCUT2D eigenvalue weighted by Crippen LogP contribution is 2.22. The van der Waals surface area contributed by atoms with Crippen LogP contribution in [-0.4, -0.2) is 54.3 Å². The molecule has 23 heavy (non-hydrogen) atoms. The van der Waals surface area contributed by atoms with Crippen LogP contribution in [0.5, 0.6) is 0 Å². The van der Waals surface area contributed by atoms with Gasteiger partial charge in [-0.05, 0) is 32.0 Å². The average molecular weight is 334 g/mol. The van der Waals surface area contributed by atoms with Crippen LogP contribution in [-0.2, 0) is 4.74 Å². The summed E-state index contributed by atoms with van der Waals surface area (Å²) in [7, 11) is 1.69. The van der Waals surface area contributed by atoms with E-state index in [0.29, 0.717) is 6.04 Å². The van der Waals surface area contributed by atoms with E-state index in [9.17, 15) is 4.79 Å². The maximum Gasteiger partial charge on any atom is 0.319 e. The van der Waals surface area contributed by atoms with Crippen molar-refractivity contribution in [1.29, 1.82) is 0 Å². The molecule has 6 nitrogen and oxygen atoms in total. The lowest BCUT2D eigenvalue weighted by Gasteiger charge is -2.20. The maximum atomic E-state index is 12.3. The molecule has 1 aromatic heterocycles. The predicted octanol–water partition coefficient (Wildman–Crippen LogP) is 2.53. The minimum atomic E-state index is -0.202. The first-order valence-electron chi connectivity index (χ1n) is 7.74. The first kappa shape index (κ1) is 16.2. The van der Waals surface area contributed by atoms with Crippen molar-refractivity contribution in [1.82, 2.24) is 15.2 Å². The van der Waals surface area contributed by atoms with Crippen molar-refractivity contribution >= 4 is 33.3 Å². The molecule has 1 aromatic carbocycles. The molecule has 2 amide bonds. The second-order valence-electron chi connectivity index (χ2n) is 6.06. The molecule has 0 aliphatic carbocycles. The summed E-state index contributed by atoms with van der Waals surface area (Å²) in [6.07, 6.45) is 0.0205. The second kappa shape index (κ2) is 6.82. The smallest absolute Gasteiger partial charge is 0.319 e. The Kier molecular flexibility index (Phi) is 4.79. The third-order valence-corrected chi connectivity index (χ3v) is 5.02. The van der Waals surface area contributed by atoms with Crippen LogP contribution in [0.4, 0.5) is 10.5 Å². The fourth-order valence-corrected chi connectivity index (χ4v) is 3.59. The molecule has 0 bridgehead atoms. The van der Waals surface area contributed by atoms with E-state index in [-0.39, 0.29) is 18.2 Å². The number of urea groups is 1. The Bertz CT molecular complexity index is 688. The summed E-state index contributed by atoms with van der Waals surface area (Å²) in [5.74, 6) is 0. The van der Waals surface area contributed by atoms with Gasteiger partial charge in [-0.15, -0.1) is 11.3 Å². The zero-order valence-electron chi connectivity index (χ0n) is 13.6. The number of fused-ring (bicyclic) bond motifs is 1. The molecule has 0 unspecified atom stereocenters. The lowest BCUT2D eigenvalue weighted by Crippen LogP contribution is -2.45. The Morgan fingerprint density at radius 3 is 3.00 bits per heavy atom. The zero-order valence-corrected chi connectivity index (χ0v) is 14.4.